The van der Waals surface area contributed by atoms with Crippen molar-refractivity contribution < 1.29 is 13.9 Å². The van der Waals surface area contributed by atoms with Crippen LogP contribution in [0.2, 0.25) is 0 Å². The van der Waals surface area contributed by atoms with Gasteiger partial charge in [0.15, 0.2) is 17.7 Å². The molecule has 0 spiro atoms. The molecule has 0 N–H and O–H groups in total. The fourth-order valence-corrected chi connectivity index (χ4v) is 2.83. The average molecular weight is 322 g/mol. The van der Waals surface area contributed by atoms with Gasteiger partial charge in [-0.3, -0.25) is 4.79 Å². The van der Waals surface area contributed by atoms with E-state index in [0.29, 0.717) is 13.0 Å². The maximum atomic E-state index is 13.6. The maximum Gasteiger partial charge on any atom is 0.263 e. The van der Waals surface area contributed by atoms with Crippen molar-refractivity contribution >= 4 is 17.2 Å². The Balaban J connectivity index is 2.03. The molecule has 1 amide bonds. The molecule has 22 heavy (non-hydrogen) atoms. The van der Waals surface area contributed by atoms with Crippen LogP contribution in [0, 0.1) is 12.7 Å². The zero-order valence-electron chi connectivity index (χ0n) is 12.9. The lowest BCUT2D eigenvalue weighted by Crippen LogP contribution is -2.39. The largest absolute Gasteiger partial charge is 0.478 e. The maximum absolute atomic E-state index is 13.6. The van der Waals surface area contributed by atoms with Crippen LogP contribution in [0.1, 0.15) is 24.0 Å². The Hall–Kier alpha value is -1.95. The summed E-state index contributed by atoms with van der Waals surface area (Å²) in [4.78, 5) is 18.4. The van der Waals surface area contributed by atoms with Crippen molar-refractivity contribution in [3.05, 3.63) is 46.2 Å². The number of carbonyl (C=O) groups excluding carboxylic acids is 1. The summed E-state index contributed by atoms with van der Waals surface area (Å²) in [6, 6.07) is 6.10. The molecule has 0 aliphatic rings. The molecule has 1 aromatic heterocycles. The number of halogens is 1. The highest BCUT2D eigenvalue weighted by molar-refractivity contribution is 7.09. The number of para-hydroxylation sites is 1. The van der Waals surface area contributed by atoms with Gasteiger partial charge in [-0.25, -0.2) is 9.37 Å². The van der Waals surface area contributed by atoms with Crippen LogP contribution in [0.15, 0.2) is 29.6 Å². The molecule has 1 atom stereocenters. The third kappa shape index (κ3) is 4.04. The minimum Gasteiger partial charge on any atom is -0.478 e. The van der Waals surface area contributed by atoms with Gasteiger partial charge in [0.2, 0.25) is 0 Å². The molecule has 2 rings (SSSR count). The van der Waals surface area contributed by atoms with Crippen molar-refractivity contribution in [3.63, 3.8) is 0 Å². The number of hydrogen-bond donors (Lipinski definition) is 0. The Labute approximate surface area is 133 Å². The summed E-state index contributed by atoms with van der Waals surface area (Å²) in [5.41, 5.74) is 0.940. The zero-order chi connectivity index (χ0) is 16.1. The number of thiazole rings is 1. The van der Waals surface area contributed by atoms with Crippen LogP contribution in [0.5, 0.6) is 5.75 Å². The highest BCUT2D eigenvalue weighted by atomic mass is 32.1. The number of nitrogens with zero attached hydrogens (tertiary/aromatic N) is 2. The van der Waals surface area contributed by atoms with Crippen molar-refractivity contribution in [1.29, 1.82) is 0 Å². The average Bonchev–Trinajstić information content (AvgIpc) is 2.91. The molecule has 0 aliphatic heterocycles. The standard InChI is InChI=1S/C16H19FN2O2S/c1-4-13(21-14-8-6-5-7-12(14)17)16(20)19(3)9-15-18-11(2)10-22-15/h5-8,10,13H,4,9H2,1-3H3/t13-/m0/s1. The van der Waals surface area contributed by atoms with Gasteiger partial charge in [0, 0.05) is 18.1 Å². The number of rotatable bonds is 6. The van der Waals surface area contributed by atoms with E-state index in [2.05, 4.69) is 4.98 Å². The Morgan fingerprint density at radius 1 is 1.45 bits per heavy atom. The van der Waals surface area contributed by atoms with Crippen molar-refractivity contribution in [2.45, 2.75) is 32.9 Å². The molecule has 0 bridgehead atoms. The van der Waals surface area contributed by atoms with E-state index in [-0.39, 0.29) is 11.7 Å². The summed E-state index contributed by atoms with van der Waals surface area (Å²) < 4.78 is 19.2. The Bertz CT molecular complexity index is 645. The van der Waals surface area contributed by atoms with Gasteiger partial charge in [0.05, 0.1) is 6.54 Å². The number of hydrogen-bond acceptors (Lipinski definition) is 4. The first-order valence-electron chi connectivity index (χ1n) is 7.08. The lowest BCUT2D eigenvalue weighted by atomic mass is 10.2. The molecule has 118 valence electrons. The molecule has 1 aromatic carbocycles. The number of ether oxygens (including phenoxy) is 1. The second-order valence-corrected chi connectivity index (χ2v) is 5.96. The minimum absolute atomic E-state index is 0.0983. The first-order valence-corrected chi connectivity index (χ1v) is 7.96. The monoisotopic (exact) mass is 322 g/mol. The Morgan fingerprint density at radius 3 is 2.77 bits per heavy atom. The normalized spacial score (nSPS) is 12.0. The number of likely N-dealkylation sites (N-methyl/N-ethyl adjacent to an activating group) is 1. The van der Waals surface area contributed by atoms with Gasteiger partial charge >= 0.3 is 0 Å². The van der Waals surface area contributed by atoms with Crippen LogP contribution in [0.3, 0.4) is 0 Å². The summed E-state index contributed by atoms with van der Waals surface area (Å²) in [6.07, 6.45) is -0.239. The SMILES string of the molecule is CC[C@H](Oc1ccccc1F)C(=O)N(C)Cc1nc(C)cs1. The Morgan fingerprint density at radius 2 is 2.18 bits per heavy atom. The molecule has 0 saturated carbocycles. The molecule has 1 heterocycles. The van der Waals surface area contributed by atoms with E-state index in [0.717, 1.165) is 10.7 Å². The molecule has 2 aromatic rings. The van der Waals surface area contributed by atoms with Crippen LogP contribution in [0.4, 0.5) is 4.39 Å². The van der Waals surface area contributed by atoms with E-state index in [1.54, 1.807) is 24.1 Å². The number of aryl methyl sites for hydroxylation is 1. The fraction of sp³-hybridized carbons (Fsp3) is 0.375. The van der Waals surface area contributed by atoms with Gasteiger partial charge < -0.3 is 9.64 Å². The smallest absolute Gasteiger partial charge is 0.263 e. The van der Waals surface area contributed by atoms with Crippen LogP contribution >= 0.6 is 11.3 Å². The molecule has 0 unspecified atom stereocenters. The van der Waals surface area contributed by atoms with E-state index >= 15 is 0 Å². The van der Waals surface area contributed by atoms with Crippen LogP contribution in [0.25, 0.3) is 0 Å². The summed E-state index contributed by atoms with van der Waals surface area (Å²) in [5.74, 6) is -0.549. The van der Waals surface area contributed by atoms with E-state index in [4.69, 9.17) is 4.74 Å². The molecule has 4 nitrogen and oxygen atoms in total. The summed E-state index contributed by atoms with van der Waals surface area (Å²) in [6.45, 7) is 4.18. The van der Waals surface area contributed by atoms with Gasteiger partial charge in [-0.15, -0.1) is 11.3 Å². The Kier molecular flexibility index (Phi) is 5.49. The molecule has 0 radical (unpaired) electrons. The number of aromatic nitrogens is 1. The third-order valence-electron chi connectivity index (χ3n) is 3.17. The van der Waals surface area contributed by atoms with Gasteiger partial charge in [0.1, 0.15) is 5.01 Å². The molecule has 0 fully saturated rings. The van der Waals surface area contributed by atoms with E-state index in [1.807, 2.05) is 19.2 Å². The van der Waals surface area contributed by atoms with E-state index in [1.165, 1.54) is 23.5 Å². The van der Waals surface area contributed by atoms with E-state index < -0.39 is 11.9 Å². The van der Waals surface area contributed by atoms with Gasteiger partial charge in [-0.05, 0) is 25.5 Å². The number of carbonyl (C=O) groups is 1. The molecule has 6 heteroatoms. The molecule has 0 aliphatic carbocycles. The second-order valence-electron chi connectivity index (χ2n) is 5.02. The predicted molar refractivity (Wildman–Crippen MR) is 84.4 cm³/mol. The quantitative estimate of drug-likeness (QED) is 0.818. The zero-order valence-corrected chi connectivity index (χ0v) is 13.7. The molecular weight excluding hydrogens is 303 g/mol. The predicted octanol–water partition coefficient (Wildman–Crippen LogP) is 3.41. The van der Waals surface area contributed by atoms with Crippen molar-refractivity contribution in [1.82, 2.24) is 9.88 Å². The fourth-order valence-electron chi connectivity index (χ4n) is 2.00. The summed E-state index contributed by atoms with van der Waals surface area (Å²) in [7, 11) is 1.70. The topological polar surface area (TPSA) is 42.4 Å². The van der Waals surface area contributed by atoms with Crippen molar-refractivity contribution in [2.24, 2.45) is 0 Å². The van der Waals surface area contributed by atoms with E-state index in [9.17, 15) is 9.18 Å². The van der Waals surface area contributed by atoms with Crippen LogP contribution in [-0.4, -0.2) is 28.9 Å². The number of amides is 1. The molecule has 0 saturated heterocycles. The van der Waals surface area contributed by atoms with Crippen molar-refractivity contribution in [3.8, 4) is 5.75 Å². The second kappa shape index (κ2) is 7.35. The first-order chi connectivity index (χ1) is 10.5. The summed E-state index contributed by atoms with van der Waals surface area (Å²) >= 11 is 1.52. The van der Waals surface area contributed by atoms with Crippen LogP contribution < -0.4 is 4.74 Å². The summed E-state index contributed by atoms with van der Waals surface area (Å²) in [5, 5.41) is 2.81. The van der Waals surface area contributed by atoms with Crippen LogP contribution in [-0.2, 0) is 11.3 Å². The lowest BCUT2D eigenvalue weighted by molar-refractivity contribution is -0.138. The molecular formula is C16H19FN2O2S. The lowest BCUT2D eigenvalue weighted by Gasteiger charge is -2.23. The van der Waals surface area contributed by atoms with Gasteiger partial charge in [-0.2, -0.15) is 0 Å². The van der Waals surface area contributed by atoms with Gasteiger partial charge in [-0.1, -0.05) is 19.1 Å². The highest BCUT2D eigenvalue weighted by Crippen LogP contribution is 2.19. The van der Waals surface area contributed by atoms with Gasteiger partial charge in [0.25, 0.3) is 5.91 Å². The third-order valence-corrected chi connectivity index (χ3v) is 4.12. The number of benzene rings is 1. The van der Waals surface area contributed by atoms with Crippen molar-refractivity contribution in [2.75, 3.05) is 7.05 Å². The highest BCUT2D eigenvalue weighted by Gasteiger charge is 2.24. The minimum atomic E-state index is -0.706. The first kappa shape index (κ1) is 16.4.